The maximum Gasteiger partial charge on any atom is 0.222 e. The fourth-order valence-electron chi connectivity index (χ4n) is 2.01. The van der Waals surface area contributed by atoms with E-state index in [0.29, 0.717) is 25.6 Å². The number of hydrogen-bond donors (Lipinski definition) is 1. The summed E-state index contributed by atoms with van der Waals surface area (Å²) in [5.74, 6) is 0.226. The molecule has 1 N–H and O–H groups in total. The molecule has 0 radical (unpaired) electrons. The van der Waals surface area contributed by atoms with E-state index in [1.807, 2.05) is 7.05 Å². The van der Waals surface area contributed by atoms with Gasteiger partial charge in [-0.25, -0.2) is 0 Å². The molecule has 4 heteroatoms. The van der Waals surface area contributed by atoms with Crippen molar-refractivity contribution in [1.29, 1.82) is 0 Å². The molecule has 1 rings (SSSR count). The first-order valence-corrected chi connectivity index (χ1v) is 6.20. The molecule has 1 atom stereocenters. The molecule has 0 spiro atoms. The summed E-state index contributed by atoms with van der Waals surface area (Å²) in [5.41, 5.74) is 0. The number of hydrogen-bond acceptors (Lipinski definition) is 3. The summed E-state index contributed by atoms with van der Waals surface area (Å²) in [5, 5.41) is 3.46. The van der Waals surface area contributed by atoms with Crippen LogP contribution in [0.15, 0.2) is 0 Å². The molecular weight excluding hydrogens is 204 g/mol. The van der Waals surface area contributed by atoms with Crippen LogP contribution in [0.2, 0.25) is 0 Å². The zero-order valence-electron chi connectivity index (χ0n) is 10.5. The number of nitrogens with one attached hydrogen (secondary N) is 1. The second kappa shape index (κ2) is 7.63. The molecule has 4 nitrogen and oxygen atoms in total. The molecule has 94 valence electrons. The highest BCUT2D eigenvalue weighted by atomic mass is 16.5. The number of likely N-dealkylation sites (N-methyl/N-ethyl adjacent to an activating group) is 1. The Morgan fingerprint density at radius 3 is 2.94 bits per heavy atom. The number of nitrogens with zero attached hydrogens (tertiary/aromatic N) is 1. The van der Waals surface area contributed by atoms with Gasteiger partial charge in [-0.15, -0.1) is 0 Å². The lowest BCUT2D eigenvalue weighted by Crippen LogP contribution is -2.36. The van der Waals surface area contributed by atoms with E-state index in [0.717, 1.165) is 13.0 Å². The van der Waals surface area contributed by atoms with Crippen LogP contribution in [0.3, 0.4) is 0 Å². The Bertz CT molecular complexity index is 203. The molecule has 1 aliphatic rings. The van der Waals surface area contributed by atoms with Crippen molar-refractivity contribution in [1.82, 2.24) is 10.2 Å². The number of piperidine rings is 1. The lowest BCUT2D eigenvalue weighted by atomic mass is 10.0. The number of methoxy groups -OCH3 is 1. The highest BCUT2D eigenvalue weighted by Gasteiger charge is 2.15. The van der Waals surface area contributed by atoms with Gasteiger partial charge in [0.2, 0.25) is 5.91 Å². The molecule has 0 aromatic heterocycles. The Hall–Kier alpha value is -0.610. The van der Waals surface area contributed by atoms with Crippen molar-refractivity contribution in [2.24, 2.45) is 0 Å². The average molecular weight is 228 g/mol. The topological polar surface area (TPSA) is 41.6 Å². The van der Waals surface area contributed by atoms with Crippen LogP contribution in [0.5, 0.6) is 0 Å². The van der Waals surface area contributed by atoms with Crippen molar-refractivity contribution in [2.75, 3.05) is 33.9 Å². The average Bonchev–Trinajstić information content (AvgIpc) is 2.34. The Balaban J connectivity index is 2.12. The van der Waals surface area contributed by atoms with Gasteiger partial charge in [0.15, 0.2) is 0 Å². The van der Waals surface area contributed by atoms with Gasteiger partial charge in [-0.3, -0.25) is 4.79 Å². The first-order chi connectivity index (χ1) is 7.74. The standard InChI is InChI=1S/C12H24N2O2/c1-14(9-10-16-2)12(15)7-6-11-5-3-4-8-13-11/h11,13H,3-10H2,1-2H3. The molecule has 1 amide bonds. The van der Waals surface area contributed by atoms with Crippen LogP contribution >= 0.6 is 0 Å². The third-order valence-electron chi connectivity index (χ3n) is 3.18. The molecule has 0 saturated carbocycles. The first-order valence-electron chi connectivity index (χ1n) is 6.20. The van der Waals surface area contributed by atoms with Gasteiger partial charge in [0.25, 0.3) is 0 Å². The molecule has 0 bridgehead atoms. The van der Waals surface area contributed by atoms with Gasteiger partial charge in [0, 0.05) is 33.2 Å². The molecule has 1 heterocycles. The van der Waals surface area contributed by atoms with Gasteiger partial charge in [-0.1, -0.05) is 6.42 Å². The molecule has 0 aromatic rings. The van der Waals surface area contributed by atoms with Crippen LogP contribution in [-0.4, -0.2) is 50.7 Å². The molecule has 1 saturated heterocycles. The van der Waals surface area contributed by atoms with Crippen LogP contribution in [0.1, 0.15) is 32.1 Å². The highest BCUT2D eigenvalue weighted by Crippen LogP contribution is 2.12. The van der Waals surface area contributed by atoms with Gasteiger partial charge in [-0.05, 0) is 25.8 Å². The van der Waals surface area contributed by atoms with E-state index in [9.17, 15) is 4.79 Å². The van der Waals surface area contributed by atoms with Crippen molar-refractivity contribution in [2.45, 2.75) is 38.1 Å². The summed E-state index contributed by atoms with van der Waals surface area (Å²) in [7, 11) is 3.50. The monoisotopic (exact) mass is 228 g/mol. The Morgan fingerprint density at radius 1 is 1.50 bits per heavy atom. The predicted molar refractivity (Wildman–Crippen MR) is 64.4 cm³/mol. The number of ether oxygens (including phenoxy) is 1. The van der Waals surface area contributed by atoms with Gasteiger partial charge in [0.1, 0.15) is 0 Å². The normalized spacial score (nSPS) is 20.8. The number of amides is 1. The van der Waals surface area contributed by atoms with Crippen LogP contribution < -0.4 is 5.32 Å². The third kappa shape index (κ3) is 4.94. The minimum atomic E-state index is 0.226. The van der Waals surface area contributed by atoms with Crippen molar-refractivity contribution >= 4 is 5.91 Å². The summed E-state index contributed by atoms with van der Waals surface area (Å²) >= 11 is 0. The van der Waals surface area contributed by atoms with E-state index in [1.54, 1.807) is 12.0 Å². The van der Waals surface area contributed by atoms with Crippen LogP contribution in [0.4, 0.5) is 0 Å². The Kier molecular flexibility index (Phi) is 6.42. The molecule has 1 fully saturated rings. The third-order valence-corrected chi connectivity index (χ3v) is 3.18. The zero-order chi connectivity index (χ0) is 11.8. The van der Waals surface area contributed by atoms with Crippen LogP contribution in [0, 0.1) is 0 Å². The Labute approximate surface area is 98.3 Å². The first kappa shape index (κ1) is 13.5. The fourth-order valence-corrected chi connectivity index (χ4v) is 2.01. The summed E-state index contributed by atoms with van der Waals surface area (Å²) in [6.45, 7) is 2.41. The van der Waals surface area contributed by atoms with Crippen molar-refractivity contribution in [3.05, 3.63) is 0 Å². The number of rotatable bonds is 6. The second-order valence-electron chi connectivity index (χ2n) is 4.49. The molecular formula is C12H24N2O2. The summed E-state index contributed by atoms with van der Waals surface area (Å²) in [6, 6.07) is 0.550. The lowest BCUT2D eigenvalue weighted by molar-refractivity contribution is -0.130. The van der Waals surface area contributed by atoms with Gasteiger partial charge in [-0.2, -0.15) is 0 Å². The van der Waals surface area contributed by atoms with Crippen LogP contribution in [-0.2, 0) is 9.53 Å². The largest absolute Gasteiger partial charge is 0.383 e. The van der Waals surface area contributed by atoms with Crippen molar-refractivity contribution in [3.63, 3.8) is 0 Å². The number of carbonyl (C=O) groups is 1. The minimum absolute atomic E-state index is 0.226. The molecule has 16 heavy (non-hydrogen) atoms. The highest BCUT2D eigenvalue weighted by molar-refractivity contribution is 5.75. The predicted octanol–water partition coefficient (Wildman–Crippen LogP) is 1.01. The van der Waals surface area contributed by atoms with Gasteiger partial charge >= 0.3 is 0 Å². The lowest BCUT2D eigenvalue weighted by Gasteiger charge is -2.24. The smallest absolute Gasteiger partial charge is 0.222 e. The van der Waals surface area contributed by atoms with E-state index < -0.39 is 0 Å². The fraction of sp³-hybridized carbons (Fsp3) is 0.917. The molecule has 0 aromatic carbocycles. The SMILES string of the molecule is COCCN(C)C(=O)CCC1CCCCN1. The van der Waals surface area contributed by atoms with Gasteiger partial charge < -0.3 is 15.0 Å². The summed E-state index contributed by atoms with van der Waals surface area (Å²) in [6.07, 6.45) is 5.41. The van der Waals surface area contributed by atoms with Gasteiger partial charge in [0.05, 0.1) is 6.61 Å². The molecule has 1 unspecified atom stereocenters. The van der Waals surface area contributed by atoms with E-state index in [-0.39, 0.29) is 5.91 Å². The minimum Gasteiger partial charge on any atom is -0.383 e. The van der Waals surface area contributed by atoms with E-state index >= 15 is 0 Å². The van der Waals surface area contributed by atoms with E-state index in [2.05, 4.69) is 5.32 Å². The van der Waals surface area contributed by atoms with Crippen molar-refractivity contribution < 1.29 is 9.53 Å². The quantitative estimate of drug-likeness (QED) is 0.738. The number of carbonyl (C=O) groups excluding carboxylic acids is 1. The maximum atomic E-state index is 11.7. The maximum absolute atomic E-state index is 11.7. The van der Waals surface area contributed by atoms with E-state index in [1.165, 1.54) is 19.3 Å². The molecule has 1 aliphatic heterocycles. The van der Waals surface area contributed by atoms with E-state index in [4.69, 9.17) is 4.74 Å². The Morgan fingerprint density at radius 2 is 2.31 bits per heavy atom. The molecule has 0 aliphatic carbocycles. The summed E-state index contributed by atoms with van der Waals surface area (Å²) in [4.78, 5) is 13.5. The zero-order valence-corrected chi connectivity index (χ0v) is 10.5. The van der Waals surface area contributed by atoms with Crippen LogP contribution in [0.25, 0.3) is 0 Å². The second-order valence-corrected chi connectivity index (χ2v) is 4.49. The summed E-state index contributed by atoms with van der Waals surface area (Å²) < 4.78 is 4.95. The van der Waals surface area contributed by atoms with Crippen molar-refractivity contribution in [3.8, 4) is 0 Å².